The Morgan fingerprint density at radius 3 is 2.93 bits per heavy atom. The van der Waals surface area contributed by atoms with Gasteiger partial charge in [0.05, 0.1) is 0 Å². The third-order valence-electron chi connectivity index (χ3n) is 1.67. The van der Waals surface area contributed by atoms with Crippen LogP contribution in [0.25, 0.3) is 11.5 Å². The van der Waals surface area contributed by atoms with Crippen molar-refractivity contribution in [2.75, 3.05) is 0 Å². The minimum atomic E-state index is -1.31. The Bertz CT molecular complexity index is 557. The van der Waals surface area contributed by atoms with Crippen LogP contribution in [0.15, 0.2) is 27.8 Å². The molecule has 0 bridgehead atoms. The highest BCUT2D eigenvalue weighted by Gasteiger charge is 2.15. The lowest BCUT2D eigenvalue weighted by molar-refractivity contribution is 0.0680. The number of aromatic carboxylic acids is 1. The van der Waals surface area contributed by atoms with Crippen LogP contribution < -0.4 is 5.43 Å². The molecule has 0 aliphatic rings. The van der Waals surface area contributed by atoms with Gasteiger partial charge in [-0.05, 0) is 5.16 Å². The Kier molecular flexibility index (Phi) is 2.05. The number of carboxylic acid groups (broad SMARTS) is 1. The number of aromatic amines is 1. The number of H-pyrrole nitrogens is 1. The standard InChI is InChI=1S/C8H5N3O4/c12-5-1-2-9-3-4(5)7-10-6(8(13)14)11-15-7/h1-3H,(H,9,12)(H,13,14). The largest absolute Gasteiger partial charge is 0.475 e. The van der Waals surface area contributed by atoms with Gasteiger partial charge in [-0.15, -0.1) is 0 Å². The van der Waals surface area contributed by atoms with Crippen LogP contribution in [0.1, 0.15) is 10.6 Å². The molecule has 0 amide bonds. The molecule has 2 aromatic rings. The minimum absolute atomic E-state index is 0.116. The van der Waals surface area contributed by atoms with Gasteiger partial charge in [0.2, 0.25) is 0 Å². The molecule has 0 saturated heterocycles. The highest BCUT2D eigenvalue weighted by molar-refractivity contribution is 5.83. The number of nitrogens with one attached hydrogen (secondary N) is 1. The zero-order valence-electron chi connectivity index (χ0n) is 7.30. The van der Waals surface area contributed by atoms with E-state index < -0.39 is 11.8 Å². The monoisotopic (exact) mass is 207 g/mol. The fourth-order valence-corrected chi connectivity index (χ4v) is 1.00. The summed E-state index contributed by atoms with van der Waals surface area (Å²) in [5.74, 6) is -1.90. The van der Waals surface area contributed by atoms with Crippen LogP contribution in [0.4, 0.5) is 0 Å². The summed E-state index contributed by atoms with van der Waals surface area (Å²) in [5, 5.41) is 11.7. The minimum Gasteiger partial charge on any atom is -0.475 e. The van der Waals surface area contributed by atoms with Crippen molar-refractivity contribution in [2.24, 2.45) is 0 Å². The highest BCUT2D eigenvalue weighted by Crippen LogP contribution is 2.10. The van der Waals surface area contributed by atoms with E-state index in [4.69, 9.17) is 5.11 Å². The van der Waals surface area contributed by atoms with Crippen molar-refractivity contribution in [3.8, 4) is 11.5 Å². The molecule has 76 valence electrons. The Labute approximate surface area is 82.4 Å². The topological polar surface area (TPSA) is 109 Å². The van der Waals surface area contributed by atoms with Gasteiger partial charge in [0, 0.05) is 18.5 Å². The summed E-state index contributed by atoms with van der Waals surface area (Å²) in [6, 6.07) is 1.28. The molecule has 0 spiro atoms. The van der Waals surface area contributed by atoms with E-state index >= 15 is 0 Å². The predicted molar refractivity (Wildman–Crippen MR) is 47.3 cm³/mol. The first-order chi connectivity index (χ1) is 7.18. The smallest absolute Gasteiger partial charge is 0.377 e. The molecule has 0 aliphatic carbocycles. The predicted octanol–water partition coefficient (Wildman–Crippen LogP) is 0.123. The van der Waals surface area contributed by atoms with Gasteiger partial charge in [0.25, 0.3) is 11.7 Å². The number of rotatable bonds is 2. The molecule has 2 N–H and O–H groups in total. The van der Waals surface area contributed by atoms with Gasteiger partial charge < -0.3 is 14.6 Å². The third-order valence-corrected chi connectivity index (χ3v) is 1.67. The Morgan fingerprint density at radius 2 is 2.33 bits per heavy atom. The van der Waals surface area contributed by atoms with Crippen molar-refractivity contribution in [3.05, 3.63) is 34.5 Å². The van der Waals surface area contributed by atoms with Gasteiger partial charge in [-0.1, -0.05) is 0 Å². The number of pyridine rings is 1. The summed E-state index contributed by atoms with van der Waals surface area (Å²) in [4.78, 5) is 28.0. The van der Waals surface area contributed by atoms with Crippen LogP contribution in [0.3, 0.4) is 0 Å². The van der Waals surface area contributed by atoms with E-state index in [1.54, 1.807) is 0 Å². The summed E-state index contributed by atoms with van der Waals surface area (Å²) < 4.78 is 4.63. The lowest BCUT2D eigenvalue weighted by Gasteiger charge is -1.89. The van der Waals surface area contributed by atoms with Crippen molar-refractivity contribution in [2.45, 2.75) is 0 Å². The summed E-state index contributed by atoms with van der Waals surface area (Å²) in [5.41, 5.74) is -0.188. The van der Waals surface area contributed by atoms with Gasteiger partial charge in [-0.25, -0.2) is 4.79 Å². The second-order valence-corrected chi connectivity index (χ2v) is 2.65. The van der Waals surface area contributed by atoms with Crippen LogP contribution in [0.2, 0.25) is 0 Å². The van der Waals surface area contributed by atoms with Crippen molar-refractivity contribution < 1.29 is 14.4 Å². The van der Waals surface area contributed by atoms with E-state index in [0.717, 1.165) is 0 Å². The van der Waals surface area contributed by atoms with Crippen molar-refractivity contribution >= 4 is 5.97 Å². The van der Waals surface area contributed by atoms with Crippen LogP contribution in [0, 0.1) is 0 Å². The molecule has 0 radical (unpaired) electrons. The molecule has 15 heavy (non-hydrogen) atoms. The molecule has 7 nitrogen and oxygen atoms in total. The van der Waals surface area contributed by atoms with E-state index in [1.165, 1.54) is 18.5 Å². The van der Waals surface area contributed by atoms with E-state index in [2.05, 4.69) is 19.6 Å². The van der Waals surface area contributed by atoms with E-state index in [0.29, 0.717) is 0 Å². The Balaban J connectivity index is 2.51. The lowest BCUT2D eigenvalue weighted by Crippen LogP contribution is -2.03. The maximum Gasteiger partial charge on any atom is 0.377 e. The quantitative estimate of drug-likeness (QED) is 0.723. The highest BCUT2D eigenvalue weighted by atomic mass is 16.5. The van der Waals surface area contributed by atoms with Crippen LogP contribution in [0.5, 0.6) is 0 Å². The first kappa shape index (κ1) is 9.13. The second kappa shape index (κ2) is 3.37. The van der Waals surface area contributed by atoms with Gasteiger partial charge in [-0.2, -0.15) is 4.98 Å². The van der Waals surface area contributed by atoms with E-state index in [-0.39, 0.29) is 16.9 Å². The third kappa shape index (κ3) is 1.62. The number of nitrogens with zero attached hydrogens (tertiary/aromatic N) is 2. The number of carbonyl (C=O) groups is 1. The fourth-order valence-electron chi connectivity index (χ4n) is 1.00. The molecular weight excluding hydrogens is 202 g/mol. The average molecular weight is 207 g/mol. The molecular formula is C8H5N3O4. The van der Waals surface area contributed by atoms with Gasteiger partial charge in [-0.3, -0.25) is 4.79 Å². The molecule has 2 rings (SSSR count). The van der Waals surface area contributed by atoms with Crippen LogP contribution >= 0.6 is 0 Å². The molecule has 0 atom stereocenters. The SMILES string of the molecule is O=C(O)c1noc(-c2c[nH]ccc2=O)n1. The molecule has 0 saturated carbocycles. The molecule has 2 heterocycles. The average Bonchev–Trinajstić information content (AvgIpc) is 2.67. The summed E-state index contributed by atoms with van der Waals surface area (Å²) in [6.07, 6.45) is 2.81. The van der Waals surface area contributed by atoms with Gasteiger partial charge >= 0.3 is 5.97 Å². The van der Waals surface area contributed by atoms with Crippen LogP contribution in [-0.4, -0.2) is 26.2 Å². The molecule has 0 fully saturated rings. The lowest BCUT2D eigenvalue weighted by atomic mass is 10.3. The number of carboxylic acids is 1. The van der Waals surface area contributed by atoms with Crippen molar-refractivity contribution in [1.82, 2.24) is 15.1 Å². The Hall–Kier alpha value is -2.44. The maximum atomic E-state index is 11.3. The first-order valence-electron chi connectivity index (χ1n) is 3.93. The summed E-state index contributed by atoms with van der Waals surface area (Å²) in [6.45, 7) is 0. The molecule has 7 heteroatoms. The van der Waals surface area contributed by atoms with Gasteiger partial charge in [0.15, 0.2) is 5.43 Å². The van der Waals surface area contributed by atoms with Crippen molar-refractivity contribution in [3.63, 3.8) is 0 Å². The molecule has 0 aromatic carbocycles. The van der Waals surface area contributed by atoms with E-state index in [9.17, 15) is 9.59 Å². The number of hydrogen-bond acceptors (Lipinski definition) is 5. The molecule has 0 aliphatic heterocycles. The summed E-state index contributed by atoms with van der Waals surface area (Å²) in [7, 11) is 0. The van der Waals surface area contributed by atoms with Crippen molar-refractivity contribution in [1.29, 1.82) is 0 Å². The molecule has 2 aromatic heterocycles. The van der Waals surface area contributed by atoms with Gasteiger partial charge in [0.1, 0.15) is 5.56 Å². The van der Waals surface area contributed by atoms with E-state index in [1.807, 2.05) is 0 Å². The maximum absolute atomic E-state index is 11.3. The number of hydrogen-bond donors (Lipinski definition) is 2. The summed E-state index contributed by atoms with van der Waals surface area (Å²) >= 11 is 0. The Morgan fingerprint density at radius 1 is 1.53 bits per heavy atom. The second-order valence-electron chi connectivity index (χ2n) is 2.65. The fraction of sp³-hybridized carbons (Fsp3) is 0. The normalized spacial score (nSPS) is 10.1. The zero-order chi connectivity index (χ0) is 10.8. The first-order valence-corrected chi connectivity index (χ1v) is 3.93. The van der Waals surface area contributed by atoms with Crippen LogP contribution in [-0.2, 0) is 0 Å². The zero-order valence-corrected chi connectivity index (χ0v) is 7.30. The number of aromatic nitrogens is 3. The molecule has 0 unspecified atom stereocenters.